The first-order valence-electron chi connectivity index (χ1n) is 7.34. The summed E-state index contributed by atoms with van der Waals surface area (Å²) in [5.74, 6) is 1.12. The Morgan fingerprint density at radius 2 is 1.96 bits per heavy atom. The summed E-state index contributed by atoms with van der Waals surface area (Å²) in [5, 5.41) is 0. The number of carbonyl (C=O) groups excluding carboxylic acids is 1. The standard InChI is InChI=1S/C19H21NO3/c1-13-5-4-6-17(14(13)2)23-12-16-11-15(8-10-19(20)21)7-9-18(16)22-3/h4-11H,12H2,1-3H3,(H2,20,21)/b10-8-. The quantitative estimate of drug-likeness (QED) is 0.832. The Bertz CT molecular complexity index is 735. The van der Waals surface area contributed by atoms with E-state index in [9.17, 15) is 4.79 Å². The van der Waals surface area contributed by atoms with Crippen LogP contribution in [0.5, 0.6) is 11.5 Å². The predicted octanol–water partition coefficient (Wildman–Crippen LogP) is 3.39. The Hall–Kier alpha value is -2.75. The van der Waals surface area contributed by atoms with Crippen molar-refractivity contribution in [2.24, 2.45) is 5.73 Å². The van der Waals surface area contributed by atoms with Crippen LogP contribution >= 0.6 is 0 Å². The Kier molecular flexibility index (Phi) is 5.41. The molecule has 2 N–H and O–H groups in total. The van der Waals surface area contributed by atoms with E-state index in [1.54, 1.807) is 13.2 Å². The molecule has 0 aromatic heterocycles. The number of carbonyl (C=O) groups is 1. The Morgan fingerprint density at radius 1 is 1.17 bits per heavy atom. The second kappa shape index (κ2) is 7.49. The van der Waals surface area contributed by atoms with E-state index < -0.39 is 5.91 Å². The summed E-state index contributed by atoms with van der Waals surface area (Å²) < 4.78 is 11.3. The van der Waals surface area contributed by atoms with Crippen molar-refractivity contribution in [3.8, 4) is 11.5 Å². The molecule has 0 spiro atoms. The smallest absolute Gasteiger partial charge is 0.241 e. The monoisotopic (exact) mass is 311 g/mol. The van der Waals surface area contributed by atoms with Gasteiger partial charge in [0, 0.05) is 11.6 Å². The van der Waals surface area contributed by atoms with Gasteiger partial charge >= 0.3 is 0 Å². The molecule has 2 aromatic rings. The first kappa shape index (κ1) is 16.6. The van der Waals surface area contributed by atoms with Crippen molar-refractivity contribution in [3.63, 3.8) is 0 Å². The molecule has 0 atom stereocenters. The number of rotatable bonds is 6. The van der Waals surface area contributed by atoms with E-state index in [4.69, 9.17) is 15.2 Å². The van der Waals surface area contributed by atoms with Crippen molar-refractivity contribution in [1.29, 1.82) is 0 Å². The third kappa shape index (κ3) is 4.36. The van der Waals surface area contributed by atoms with Crippen LogP contribution in [0.2, 0.25) is 0 Å². The Labute approximate surface area is 136 Å². The van der Waals surface area contributed by atoms with Crippen LogP contribution in [0.1, 0.15) is 22.3 Å². The van der Waals surface area contributed by atoms with Gasteiger partial charge in [-0.3, -0.25) is 4.79 Å². The van der Waals surface area contributed by atoms with Crippen molar-refractivity contribution in [3.05, 3.63) is 64.7 Å². The first-order valence-corrected chi connectivity index (χ1v) is 7.34. The van der Waals surface area contributed by atoms with Crippen LogP contribution in [0.4, 0.5) is 0 Å². The van der Waals surface area contributed by atoms with E-state index in [2.05, 4.69) is 13.0 Å². The topological polar surface area (TPSA) is 61.5 Å². The fraction of sp³-hybridized carbons (Fsp3) is 0.211. The van der Waals surface area contributed by atoms with Crippen molar-refractivity contribution in [2.45, 2.75) is 20.5 Å². The zero-order chi connectivity index (χ0) is 16.8. The summed E-state index contributed by atoms with van der Waals surface area (Å²) in [5.41, 5.74) is 9.20. The molecule has 4 heteroatoms. The van der Waals surface area contributed by atoms with E-state index in [0.29, 0.717) is 6.61 Å². The van der Waals surface area contributed by atoms with E-state index in [-0.39, 0.29) is 0 Å². The highest BCUT2D eigenvalue weighted by Crippen LogP contribution is 2.25. The minimum atomic E-state index is -0.478. The van der Waals surface area contributed by atoms with Gasteiger partial charge in [-0.2, -0.15) is 0 Å². The van der Waals surface area contributed by atoms with Crippen molar-refractivity contribution >= 4 is 12.0 Å². The van der Waals surface area contributed by atoms with Gasteiger partial charge in [0.25, 0.3) is 0 Å². The van der Waals surface area contributed by atoms with Gasteiger partial charge in [0.05, 0.1) is 7.11 Å². The normalized spacial score (nSPS) is 10.7. The number of hydrogen-bond acceptors (Lipinski definition) is 3. The molecule has 23 heavy (non-hydrogen) atoms. The molecule has 120 valence electrons. The molecule has 0 aliphatic heterocycles. The molecule has 0 heterocycles. The molecular formula is C19H21NO3. The number of primary amides is 1. The van der Waals surface area contributed by atoms with E-state index in [0.717, 1.165) is 28.2 Å². The van der Waals surface area contributed by atoms with Crippen LogP contribution in [0.25, 0.3) is 6.08 Å². The van der Waals surface area contributed by atoms with Gasteiger partial charge in [-0.25, -0.2) is 0 Å². The fourth-order valence-electron chi connectivity index (χ4n) is 2.23. The molecule has 0 unspecified atom stereocenters. The second-order valence-corrected chi connectivity index (χ2v) is 5.29. The maximum Gasteiger partial charge on any atom is 0.241 e. The van der Waals surface area contributed by atoms with Crippen LogP contribution in [-0.4, -0.2) is 13.0 Å². The summed E-state index contributed by atoms with van der Waals surface area (Å²) in [6.45, 7) is 4.47. The second-order valence-electron chi connectivity index (χ2n) is 5.29. The fourth-order valence-corrected chi connectivity index (χ4v) is 2.23. The van der Waals surface area contributed by atoms with Gasteiger partial charge in [0.2, 0.25) is 5.91 Å². The van der Waals surface area contributed by atoms with E-state index >= 15 is 0 Å². The average molecular weight is 311 g/mol. The highest BCUT2D eigenvalue weighted by atomic mass is 16.5. The zero-order valence-corrected chi connectivity index (χ0v) is 13.6. The molecule has 2 aromatic carbocycles. The maximum atomic E-state index is 10.8. The van der Waals surface area contributed by atoms with Gasteiger partial charge < -0.3 is 15.2 Å². The SMILES string of the molecule is COc1ccc(/C=C\C(N)=O)cc1COc1cccc(C)c1C. The van der Waals surface area contributed by atoms with Crippen molar-refractivity contribution < 1.29 is 14.3 Å². The molecule has 0 aliphatic carbocycles. The van der Waals surface area contributed by atoms with E-state index in [1.807, 2.05) is 37.3 Å². The molecule has 0 bridgehead atoms. The Morgan fingerprint density at radius 3 is 2.65 bits per heavy atom. The largest absolute Gasteiger partial charge is 0.496 e. The predicted molar refractivity (Wildman–Crippen MR) is 91.5 cm³/mol. The minimum absolute atomic E-state index is 0.381. The summed E-state index contributed by atoms with van der Waals surface area (Å²) in [4.78, 5) is 10.8. The molecule has 0 saturated carbocycles. The van der Waals surface area contributed by atoms with Crippen molar-refractivity contribution in [2.75, 3.05) is 7.11 Å². The van der Waals surface area contributed by atoms with Gasteiger partial charge in [-0.1, -0.05) is 18.2 Å². The third-order valence-corrected chi connectivity index (χ3v) is 3.68. The average Bonchev–Trinajstić information content (AvgIpc) is 2.54. The lowest BCUT2D eigenvalue weighted by atomic mass is 10.1. The molecular weight excluding hydrogens is 290 g/mol. The summed E-state index contributed by atoms with van der Waals surface area (Å²) in [7, 11) is 1.62. The number of benzene rings is 2. The van der Waals surface area contributed by atoms with Gasteiger partial charge in [0.15, 0.2) is 0 Å². The number of nitrogens with two attached hydrogens (primary N) is 1. The number of aryl methyl sites for hydroxylation is 1. The summed E-state index contributed by atoms with van der Waals surface area (Å²) >= 11 is 0. The van der Waals surface area contributed by atoms with Crippen LogP contribution < -0.4 is 15.2 Å². The van der Waals surface area contributed by atoms with E-state index in [1.165, 1.54) is 11.6 Å². The van der Waals surface area contributed by atoms with Gasteiger partial charge in [-0.05, 0) is 54.8 Å². The lowest BCUT2D eigenvalue weighted by Gasteiger charge is -2.13. The first-order chi connectivity index (χ1) is 11.0. The molecule has 0 aliphatic rings. The van der Waals surface area contributed by atoms with Crippen LogP contribution in [0.3, 0.4) is 0 Å². The molecule has 1 amide bonds. The zero-order valence-electron chi connectivity index (χ0n) is 13.6. The van der Waals surface area contributed by atoms with Gasteiger partial charge in [0.1, 0.15) is 18.1 Å². The van der Waals surface area contributed by atoms with Crippen LogP contribution in [0.15, 0.2) is 42.5 Å². The summed E-state index contributed by atoms with van der Waals surface area (Å²) in [6, 6.07) is 11.6. The number of methoxy groups -OCH3 is 1. The highest BCUT2D eigenvalue weighted by molar-refractivity contribution is 5.90. The van der Waals surface area contributed by atoms with Crippen LogP contribution in [-0.2, 0) is 11.4 Å². The number of hydrogen-bond donors (Lipinski definition) is 1. The third-order valence-electron chi connectivity index (χ3n) is 3.68. The lowest BCUT2D eigenvalue weighted by Crippen LogP contribution is -2.05. The maximum absolute atomic E-state index is 10.8. The number of amides is 1. The molecule has 0 saturated heterocycles. The van der Waals surface area contributed by atoms with Gasteiger partial charge in [-0.15, -0.1) is 0 Å². The molecule has 2 rings (SSSR count). The highest BCUT2D eigenvalue weighted by Gasteiger charge is 2.07. The lowest BCUT2D eigenvalue weighted by molar-refractivity contribution is -0.113. The summed E-state index contributed by atoms with van der Waals surface area (Å²) in [6.07, 6.45) is 3.00. The molecule has 0 radical (unpaired) electrons. The molecule has 0 fully saturated rings. The van der Waals surface area contributed by atoms with Crippen LogP contribution in [0, 0.1) is 13.8 Å². The molecule has 4 nitrogen and oxygen atoms in total. The Balaban J connectivity index is 2.22. The number of ether oxygens (including phenoxy) is 2. The van der Waals surface area contributed by atoms with Crippen molar-refractivity contribution in [1.82, 2.24) is 0 Å². The minimum Gasteiger partial charge on any atom is -0.496 e.